The van der Waals surface area contributed by atoms with Crippen LogP contribution in [0.25, 0.3) is 21.3 Å². The van der Waals surface area contributed by atoms with Gasteiger partial charge in [0.25, 0.3) is 5.91 Å². The molecule has 8 heteroatoms. The third-order valence-electron chi connectivity index (χ3n) is 7.13. The van der Waals surface area contributed by atoms with Gasteiger partial charge in [-0.2, -0.15) is 0 Å². The molecule has 1 aliphatic rings. The molecule has 0 saturated heterocycles. The first kappa shape index (κ1) is 24.9. The minimum absolute atomic E-state index is 0.0178. The molecule has 5 rings (SSSR count). The van der Waals surface area contributed by atoms with Crippen molar-refractivity contribution in [2.24, 2.45) is 5.92 Å². The number of fused-ring (bicyclic) bond motifs is 1. The lowest BCUT2D eigenvalue weighted by atomic mass is 9.86. The highest BCUT2D eigenvalue weighted by atomic mass is 32.1. The number of nitrogens with zero attached hydrogens (tertiary/aromatic N) is 1. The monoisotopic (exact) mass is 518 g/mol. The second kappa shape index (κ2) is 10.7. The molecular formula is C29H30N2O5S. The predicted molar refractivity (Wildman–Crippen MR) is 145 cm³/mol. The summed E-state index contributed by atoms with van der Waals surface area (Å²) in [5.74, 6) is 0.360. The van der Waals surface area contributed by atoms with Gasteiger partial charge in [-0.25, -0.2) is 0 Å². The van der Waals surface area contributed by atoms with E-state index in [1.807, 2.05) is 35.8 Å². The van der Waals surface area contributed by atoms with Crippen LogP contribution in [0.15, 0.2) is 60.1 Å². The van der Waals surface area contributed by atoms with E-state index in [4.69, 9.17) is 9.47 Å². The Labute approximate surface area is 219 Å². The molecule has 1 saturated carbocycles. The van der Waals surface area contributed by atoms with Crippen molar-refractivity contribution in [2.45, 2.75) is 38.3 Å². The van der Waals surface area contributed by atoms with E-state index < -0.39 is 5.97 Å². The average Bonchev–Trinajstić information content (AvgIpc) is 3.52. The van der Waals surface area contributed by atoms with E-state index in [0.717, 1.165) is 38.4 Å². The van der Waals surface area contributed by atoms with E-state index >= 15 is 0 Å². The van der Waals surface area contributed by atoms with Gasteiger partial charge in [-0.05, 0) is 60.6 Å². The summed E-state index contributed by atoms with van der Waals surface area (Å²) >= 11 is 1.56. The van der Waals surface area contributed by atoms with Crippen LogP contribution in [0, 0.1) is 5.92 Å². The van der Waals surface area contributed by atoms with Gasteiger partial charge in [-0.3, -0.25) is 9.59 Å². The number of methoxy groups -OCH3 is 2. The number of aliphatic carboxylic acids is 1. The maximum absolute atomic E-state index is 13.2. The Morgan fingerprint density at radius 1 is 0.973 bits per heavy atom. The van der Waals surface area contributed by atoms with Gasteiger partial charge >= 0.3 is 5.97 Å². The van der Waals surface area contributed by atoms with E-state index in [1.54, 1.807) is 25.6 Å². The molecule has 2 heterocycles. The number of nitrogens with one attached hydrogen (secondary N) is 1. The molecule has 4 aromatic rings. The quantitative estimate of drug-likeness (QED) is 0.307. The highest BCUT2D eigenvalue weighted by Crippen LogP contribution is 2.32. The fraction of sp³-hybridized carbons (Fsp3) is 0.310. The summed E-state index contributed by atoms with van der Waals surface area (Å²) < 4.78 is 14.0. The molecule has 0 atom stereocenters. The van der Waals surface area contributed by atoms with Gasteiger partial charge < -0.3 is 24.5 Å². The maximum Gasteiger partial charge on any atom is 0.306 e. The van der Waals surface area contributed by atoms with Gasteiger partial charge in [0, 0.05) is 30.2 Å². The molecule has 7 nitrogen and oxygen atoms in total. The summed E-state index contributed by atoms with van der Waals surface area (Å²) in [5, 5.41) is 14.3. The molecule has 0 unspecified atom stereocenters. The molecule has 0 bridgehead atoms. The van der Waals surface area contributed by atoms with Crippen molar-refractivity contribution < 1.29 is 24.2 Å². The van der Waals surface area contributed by atoms with E-state index in [2.05, 4.69) is 34.1 Å². The van der Waals surface area contributed by atoms with Crippen LogP contribution in [0.1, 0.15) is 41.6 Å². The first-order valence-corrected chi connectivity index (χ1v) is 13.3. The first-order chi connectivity index (χ1) is 17.9. The summed E-state index contributed by atoms with van der Waals surface area (Å²) in [6.45, 7) is 0.645. The van der Waals surface area contributed by atoms with Crippen molar-refractivity contribution in [1.29, 1.82) is 0 Å². The smallest absolute Gasteiger partial charge is 0.306 e. The number of carbonyl (C=O) groups is 2. The zero-order valence-corrected chi connectivity index (χ0v) is 21.7. The SMILES string of the molecule is COc1cc(OC)cc(-c2ccc(Cn3ccc4scc(C(=O)NC5CCC(C(=O)O)CC5)c43)cc2)c1. The van der Waals surface area contributed by atoms with Crippen LogP contribution >= 0.6 is 11.3 Å². The molecular weight excluding hydrogens is 488 g/mol. The number of ether oxygens (including phenoxy) is 2. The van der Waals surface area contributed by atoms with E-state index in [0.29, 0.717) is 37.8 Å². The molecule has 1 aliphatic carbocycles. The lowest BCUT2D eigenvalue weighted by Gasteiger charge is -2.26. The first-order valence-electron chi connectivity index (χ1n) is 12.4. The lowest BCUT2D eigenvalue weighted by Crippen LogP contribution is -2.38. The van der Waals surface area contributed by atoms with Gasteiger partial charge in [0.15, 0.2) is 0 Å². The lowest BCUT2D eigenvalue weighted by molar-refractivity contribution is -0.142. The normalized spacial score (nSPS) is 17.5. The number of rotatable bonds is 8. The topological polar surface area (TPSA) is 89.8 Å². The number of hydrogen-bond donors (Lipinski definition) is 2. The Bertz CT molecular complexity index is 1390. The van der Waals surface area contributed by atoms with E-state index in [-0.39, 0.29) is 17.9 Å². The van der Waals surface area contributed by atoms with Crippen LogP contribution in [0.4, 0.5) is 0 Å². The minimum Gasteiger partial charge on any atom is -0.497 e. The van der Waals surface area contributed by atoms with Crippen LogP contribution < -0.4 is 14.8 Å². The van der Waals surface area contributed by atoms with Crippen molar-refractivity contribution in [1.82, 2.24) is 9.88 Å². The fourth-order valence-corrected chi connectivity index (χ4v) is 5.97. The number of carboxylic acid groups (broad SMARTS) is 1. The number of aromatic nitrogens is 1. The zero-order valence-electron chi connectivity index (χ0n) is 20.9. The number of hydrogen-bond acceptors (Lipinski definition) is 5. The molecule has 1 fully saturated rings. The van der Waals surface area contributed by atoms with E-state index in [1.165, 1.54) is 0 Å². The molecule has 0 aliphatic heterocycles. The minimum atomic E-state index is -0.738. The third kappa shape index (κ3) is 5.34. The second-order valence-corrected chi connectivity index (χ2v) is 10.4. The summed E-state index contributed by atoms with van der Waals surface area (Å²) in [6.07, 6.45) is 4.63. The Hall–Kier alpha value is -3.78. The van der Waals surface area contributed by atoms with Gasteiger partial charge in [0.05, 0.1) is 35.9 Å². The number of carboxylic acids is 1. The predicted octanol–water partition coefficient (Wildman–Crippen LogP) is 5.81. The molecule has 1 amide bonds. The van der Waals surface area contributed by atoms with Crippen LogP contribution in [0.5, 0.6) is 11.5 Å². The Morgan fingerprint density at radius 3 is 2.27 bits per heavy atom. The van der Waals surface area contributed by atoms with Crippen LogP contribution in [-0.4, -0.2) is 41.8 Å². The number of carbonyl (C=O) groups excluding carboxylic acids is 1. The summed E-state index contributed by atoms with van der Waals surface area (Å²) in [4.78, 5) is 24.4. The number of benzene rings is 2. The Kier molecular flexibility index (Phi) is 7.19. The van der Waals surface area contributed by atoms with Crippen LogP contribution in [-0.2, 0) is 11.3 Å². The van der Waals surface area contributed by atoms with Crippen LogP contribution in [0.2, 0.25) is 0 Å². The number of amides is 1. The molecule has 2 aromatic heterocycles. The van der Waals surface area contributed by atoms with Gasteiger partial charge in [0.1, 0.15) is 11.5 Å². The van der Waals surface area contributed by atoms with Crippen LogP contribution in [0.3, 0.4) is 0 Å². The summed E-state index contributed by atoms with van der Waals surface area (Å²) in [7, 11) is 3.28. The Morgan fingerprint density at radius 2 is 1.65 bits per heavy atom. The molecule has 2 N–H and O–H groups in total. The third-order valence-corrected chi connectivity index (χ3v) is 8.07. The van der Waals surface area contributed by atoms with Gasteiger partial charge in [0.2, 0.25) is 0 Å². The molecule has 192 valence electrons. The molecule has 0 spiro atoms. The molecule has 0 radical (unpaired) electrons. The highest BCUT2D eigenvalue weighted by Gasteiger charge is 2.27. The largest absolute Gasteiger partial charge is 0.497 e. The van der Waals surface area contributed by atoms with E-state index in [9.17, 15) is 14.7 Å². The van der Waals surface area contributed by atoms with Crippen molar-refractivity contribution in [3.8, 4) is 22.6 Å². The zero-order chi connectivity index (χ0) is 25.9. The van der Waals surface area contributed by atoms with Crippen molar-refractivity contribution in [3.63, 3.8) is 0 Å². The van der Waals surface area contributed by atoms with Crippen molar-refractivity contribution >= 4 is 33.4 Å². The average molecular weight is 519 g/mol. The maximum atomic E-state index is 13.2. The molecule has 37 heavy (non-hydrogen) atoms. The molecule has 2 aromatic carbocycles. The van der Waals surface area contributed by atoms with Crippen molar-refractivity contribution in [3.05, 3.63) is 71.2 Å². The Balaban J connectivity index is 1.31. The van der Waals surface area contributed by atoms with Crippen molar-refractivity contribution in [2.75, 3.05) is 14.2 Å². The number of thiophene rings is 1. The second-order valence-electron chi connectivity index (χ2n) is 9.46. The summed E-state index contributed by atoms with van der Waals surface area (Å²) in [5.41, 5.74) is 4.81. The highest BCUT2D eigenvalue weighted by molar-refractivity contribution is 7.17. The van der Waals surface area contributed by atoms with Gasteiger partial charge in [-0.1, -0.05) is 24.3 Å². The standard InChI is InChI=1S/C29H30N2O5S/c1-35-23-13-21(14-24(15-23)36-2)19-5-3-18(4-6-19)16-31-12-11-26-27(31)25(17-37-26)28(32)30-22-9-7-20(8-10-22)29(33)34/h3-6,11-15,17,20,22H,7-10,16H2,1-2H3,(H,30,32)(H,33,34). The van der Waals surface area contributed by atoms with Gasteiger partial charge in [-0.15, -0.1) is 11.3 Å². The summed E-state index contributed by atoms with van der Waals surface area (Å²) in [6, 6.07) is 16.2. The fourth-order valence-electron chi connectivity index (χ4n) is 5.03.